The first-order valence-electron chi connectivity index (χ1n) is 6.38. The maximum atomic E-state index is 12.0. The summed E-state index contributed by atoms with van der Waals surface area (Å²) < 4.78 is 5.65. The molecular weight excluding hydrogens is 252 g/mol. The number of carbonyl (C=O) groups is 1. The molecule has 100 valence electrons. The smallest absolute Gasteiger partial charge is 0.270 e. The van der Waals surface area contributed by atoms with Gasteiger partial charge in [0.15, 0.2) is 0 Å². The van der Waals surface area contributed by atoms with E-state index in [1.807, 2.05) is 0 Å². The molecule has 1 atom stereocenters. The molecule has 18 heavy (non-hydrogen) atoms. The van der Waals surface area contributed by atoms with Crippen molar-refractivity contribution < 1.29 is 9.53 Å². The molecule has 2 rings (SSSR count). The van der Waals surface area contributed by atoms with Gasteiger partial charge in [0.05, 0.1) is 11.1 Å². The van der Waals surface area contributed by atoms with Gasteiger partial charge < -0.3 is 14.6 Å². The number of rotatable bonds is 4. The van der Waals surface area contributed by atoms with E-state index in [4.69, 9.17) is 16.3 Å². The third-order valence-electron chi connectivity index (χ3n) is 3.29. The molecule has 0 unspecified atom stereocenters. The Bertz CT molecular complexity index is 399. The molecule has 1 aromatic rings. The van der Waals surface area contributed by atoms with E-state index in [0.717, 1.165) is 25.9 Å². The van der Waals surface area contributed by atoms with Gasteiger partial charge >= 0.3 is 0 Å². The van der Waals surface area contributed by atoms with E-state index >= 15 is 0 Å². The fourth-order valence-electron chi connectivity index (χ4n) is 2.17. The van der Waals surface area contributed by atoms with Gasteiger partial charge in [0.2, 0.25) is 0 Å². The average Bonchev–Trinajstić information content (AvgIpc) is 2.83. The Morgan fingerprint density at radius 3 is 3.06 bits per heavy atom. The van der Waals surface area contributed by atoms with E-state index in [2.05, 4.69) is 4.98 Å². The number of H-pyrrole nitrogens is 1. The Labute approximate surface area is 112 Å². The second-order valence-corrected chi connectivity index (χ2v) is 5.17. The van der Waals surface area contributed by atoms with Crippen molar-refractivity contribution in [3.05, 3.63) is 23.0 Å². The van der Waals surface area contributed by atoms with Crippen LogP contribution in [0.5, 0.6) is 0 Å². The molecule has 1 aliphatic rings. The maximum Gasteiger partial charge on any atom is 0.270 e. The summed E-state index contributed by atoms with van der Waals surface area (Å²) in [5, 5.41) is 0.558. The number of nitrogens with zero attached hydrogens (tertiary/aromatic N) is 1. The molecule has 5 heteroatoms. The van der Waals surface area contributed by atoms with Crippen LogP contribution in [0, 0.1) is 0 Å². The summed E-state index contributed by atoms with van der Waals surface area (Å²) in [5.41, 5.74) is 0.534. The zero-order chi connectivity index (χ0) is 13.0. The summed E-state index contributed by atoms with van der Waals surface area (Å²) >= 11 is 5.79. The van der Waals surface area contributed by atoms with Crippen molar-refractivity contribution in [3.63, 3.8) is 0 Å². The minimum Gasteiger partial charge on any atom is -0.378 e. The van der Waals surface area contributed by atoms with Crippen molar-refractivity contribution >= 4 is 17.5 Å². The van der Waals surface area contributed by atoms with Gasteiger partial charge in [0, 0.05) is 26.4 Å². The Morgan fingerprint density at radius 2 is 2.44 bits per heavy atom. The van der Waals surface area contributed by atoms with Crippen LogP contribution in [0.1, 0.15) is 36.2 Å². The highest BCUT2D eigenvalue weighted by Gasteiger charge is 2.17. The van der Waals surface area contributed by atoms with Crippen molar-refractivity contribution in [2.45, 2.75) is 31.8 Å². The zero-order valence-electron chi connectivity index (χ0n) is 10.6. The highest BCUT2D eigenvalue weighted by Crippen LogP contribution is 2.16. The van der Waals surface area contributed by atoms with Crippen molar-refractivity contribution in [2.24, 2.45) is 0 Å². The first-order valence-corrected chi connectivity index (χ1v) is 6.75. The summed E-state index contributed by atoms with van der Waals surface area (Å²) in [4.78, 5) is 16.6. The number of hydrogen-bond acceptors (Lipinski definition) is 2. The van der Waals surface area contributed by atoms with E-state index in [9.17, 15) is 4.79 Å². The molecule has 1 fully saturated rings. The predicted molar refractivity (Wildman–Crippen MR) is 71.0 cm³/mol. The first kappa shape index (κ1) is 13.4. The largest absolute Gasteiger partial charge is 0.378 e. The molecule has 1 saturated heterocycles. The fraction of sp³-hybridized carbons (Fsp3) is 0.615. The second-order valence-electron chi connectivity index (χ2n) is 4.74. The molecule has 1 aromatic heterocycles. The molecule has 4 nitrogen and oxygen atoms in total. The molecule has 0 spiro atoms. The third-order valence-corrected chi connectivity index (χ3v) is 3.50. The van der Waals surface area contributed by atoms with Gasteiger partial charge in [-0.15, -0.1) is 0 Å². The lowest BCUT2D eigenvalue weighted by Gasteiger charge is -2.25. The van der Waals surface area contributed by atoms with E-state index in [-0.39, 0.29) is 5.91 Å². The first-order chi connectivity index (χ1) is 8.66. The molecule has 0 aliphatic carbocycles. The minimum absolute atomic E-state index is 0.0299. The van der Waals surface area contributed by atoms with Crippen LogP contribution in [0.25, 0.3) is 0 Å². The Kier molecular flexibility index (Phi) is 4.66. The lowest BCUT2D eigenvalue weighted by Crippen LogP contribution is -2.31. The molecule has 0 saturated carbocycles. The minimum atomic E-state index is -0.0299. The standard InChI is InChI=1S/C13H19ClN2O2/c1-16(6-5-11-4-2-3-7-18-11)13(17)12-8-10(14)9-15-12/h8-9,11,15H,2-7H2,1H3/t11-/m1/s1. The molecule has 1 amide bonds. The lowest BCUT2D eigenvalue weighted by atomic mass is 10.1. The Hall–Kier alpha value is -1.00. The zero-order valence-corrected chi connectivity index (χ0v) is 11.4. The van der Waals surface area contributed by atoms with Crippen LogP contribution >= 0.6 is 11.6 Å². The van der Waals surface area contributed by atoms with Gasteiger partial charge in [0.1, 0.15) is 5.69 Å². The fourth-order valence-corrected chi connectivity index (χ4v) is 2.33. The number of halogens is 1. The summed E-state index contributed by atoms with van der Waals surface area (Å²) in [6.07, 6.45) is 6.32. The van der Waals surface area contributed by atoms with E-state index in [1.165, 1.54) is 6.42 Å². The molecular formula is C13H19ClN2O2. The van der Waals surface area contributed by atoms with Gasteiger partial charge in [-0.2, -0.15) is 0 Å². The number of ether oxygens (including phenoxy) is 1. The quantitative estimate of drug-likeness (QED) is 0.914. The van der Waals surface area contributed by atoms with E-state index in [0.29, 0.717) is 23.4 Å². The summed E-state index contributed by atoms with van der Waals surface area (Å²) in [7, 11) is 1.81. The van der Waals surface area contributed by atoms with E-state index < -0.39 is 0 Å². The average molecular weight is 271 g/mol. The molecule has 0 radical (unpaired) electrons. The van der Waals surface area contributed by atoms with Crippen LogP contribution in [-0.4, -0.2) is 42.1 Å². The number of amides is 1. The molecule has 0 bridgehead atoms. The van der Waals surface area contributed by atoms with Gasteiger partial charge in [-0.05, 0) is 31.7 Å². The van der Waals surface area contributed by atoms with Crippen molar-refractivity contribution in [1.82, 2.24) is 9.88 Å². The van der Waals surface area contributed by atoms with Gasteiger partial charge in [-0.3, -0.25) is 4.79 Å². The summed E-state index contributed by atoms with van der Waals surface area (Å²) in [5.74, 6) is -0.0299. The molecule has 0 aromatic carbocycles. The Balaban J connectivity index is 1.80. The topological polar surface area (TPSA) is 45.3 Å². The Morgan fingerprint density at radius 1 is 1.61 bits per heavy atom. The normalized spacial score (nSPS) is 19.8. The SMILES string of the molecule is CN(CC[C@H]1CCCCO1)C(=O)c1cc(Cl)c[nH]1. The van der Waals surface area contributed by atoms with Crippen molar-refractivity contribution in [2.75, 3.05) is 20.2 Å². The number of hydrogen-bond donors (Lipinski definition) is 1. The van der Waals surface area contributed by atoms with Crippen LogP contribution in [-0.2, 0) is 4.74 Å². The van der Waals surface area contributed by atoms with Crippen molar-refractivity contribution in [1.29, 1.82) is 0 Å². The third kappa shape index (κ3) is 3.50. The maximum absolute atomic E-state index is 12.0. The van der Waals surface area contributed by atoms with Gasteiger partial charge in [-0.25, -0.2) is 0 Å². The number of aromatic nitrogens is 1. The van der Waals surface area contributed by atoms with Gasteiger partial charge in [0.25, 0.3) is 5.91 Å². The van der Waals surface area contributed by atoms with Crippen LogP contribution in [0.3, 0.4) is 0 Å². The molecule has 1 N–H and O–H groups in total. The molecule has 2 heterocycles. The highest BCUT2D eigenvalue weighted by atomic mass is 35.5. The number of aromatic amines is 1. The monoisotopic (exact) mass is 270 g/mol. The van der Waals surface area contributed by atoms with Gasteiger partial charge in [-0.1, -0.05) is 11.6 Å². The van der Waals surface area contributed by atoms with E-state index in [1.54, 1.807) is 24.2 Å². The highest BCUT2D eigenvalue weighted by molar-refractivity contribution is 6.30. The summed E-state index contributed by atoms with van der Waals surface area (Å²) in [6.45, 7) is 1.56. The number of carbonyl (C=O) groups excluding carboxylic acids is 1. The summed E-state index contributed by atoms with van der Waals surface area (Å²) in [6, 6.07) is 1.65. The number of nitrogens with one attached hydrogen (secondary N) is 1. The molecule has 1 aliphatic heterocycles. The van der Waals surface area contributed by atoms with Crippen molar-refractivity contribution in [3.8, 4) is 0 Å². The lowest BCUT2D eigenvalue weighted by molar-refractivity contribution is 0.00706. The van der Waals surface area contributed by atoms with Crippen LogP contribution < -0.4 is 0 Å². The second kappa shape index (κ2) is 6.25. The predicted octanol–water partition coefficient (Wildman–Crippen LogP) is 2.70. The van der Waals surface area contributed by atoms with Crippen LogP contribution in [0.4, 0.5) is 0 Å². The van der Waals surface area contributed by atoms with Crippen LogP contribution in [0.2, 0.25) is 5.02 Å². The van der Waals surface area contributed by atoms with Crippen LogP contribution in [0.15, 0.2) is 12.3 Å².